The normalized spacial score (nSPS) is 28.6. The van der Waals surface area contributed by atoms with E-state index in [1.54, 1.807) is 0 Å². The molecule has 0 spiro atoms. The van der Waals surface area contributed by atoms with Gasteiger partial charge in [-0.05, 0) is 62.2 Å². The minimum Gasteiger partial charge on any atom is -0.207 e. The average Bonchev–Trinajstić information content (AvgIpc) is 2.46. The molecular weight excluding hydrogens is 323 g/mol. The highest BCUT2D eigenvalue weighted by molar-refractivity contribution is 4.79. The maximum absolute atomic E-state index is 12.6. The van der Waals surface area contributed by atoms with E-state index in [0.717, 1.165) is 12.8 Å². The molecule has 0 radical (unpaired) electrons. The van der Waals surface area contributed by atoms with Gasteiger partial charge in [0.15, 0.2) is 0 Å². The van der Waals surface area contributed by atoms with Crippen molar-refractivity contribution >= 4 is 0 Å². The van der Waals surface area contributed by atoms with Crippen molar-refractivity contribution in [2.75, 3.05) is 0 Å². The zero-order chi connectivity index (χ0) is 18.5. The van der Waals surface area contributed by atoms with E-state index in [9.17, 15) is 22.0 Å². The predicted octanol–water partition coefficient (Wildman–Crippen LogP) is 7.48. The first-order valence-corrected chi connectivity index (χ1v) is 9.37. The van der Waals surface area contributed by atoms with Crippen LogP contribution in [0, 0.1) is 29.6 Å². The van der Waals surface area contributed by atoms with Crippen molar-refractivity contribution in [3.63, 3.8) is 0 Å². The Bertz CT molecular complexity index is 341. The SMILES string of the molecule is CC(C)C1CCC(C(F)(F)F)CC1.CC(C)C1CCC(F)(F)CC1. The quantitative estimate of drug-likeness (QED) is 0.450. The van der Waals surface area contributed by atoms with Crippen LogP contribution in [0.15, 0.2) is 0 Å². The van der Waals surface area contributed by atoms with Crippen LogP contribution in [0.3, 0.4) is 0 Å². The second-order valence-electron chi connectivity index (χ2n) is 8.33. The molecule has 2 aliphatic rings. The molecule has 5 heteroatoms. The maximum atomic E-state index is 12.6. The van der Waals surface area contributed by atoms with E-state index in [2.05, 4.69) is 27.7 Å². The lowest BCUT2D eigenvalue weighted by atomic mass is 9.77. The number of hydrogen-bond acceptors (Lipinski definition) is 0. The van der Waals surface area contributed by atoms with Crippen molar-refractivity contribution in [2.24, 2.45) is 29.6 Å². The topological polar surface area (TPSA) is 0 Å². The lowest BCUT2D eigenvalue weighted by Crippen LogP contribution is -2.29. The zero-order valence-electron chi connectivity index (χ0n) is 15.4. The Morgan fingerprint density at radius 2 is 1.08 bits per heavy atom. The molecule has 0 amide bonds. The Balaban J connectivity index is 0.000000243. The van der Waals surface area contributed by atoms with Gasteiger partial charge in [0.05, 0.1) is 5.92 Å². The van der Waals surface area contributed by atoms with Crippen molar-refractivity contribution in [1.82, 2.24) is 0 Å². The molecule has 2 fully saturated rings. The zero-order valence-corrected chi connectivity index (χ0v) is 15.4. The second kappa shape index (κ2) is 8.84. The van der Waals surface area contributed by atoms with E-state index < -0.39 is 18.0 Å². The Morgan fingerprint density at radius 1 is 0.708 bits per heavy atom. The van der Waals surface area contributed by atoms with Crippen molar-refractivity contribution in [3.05, 3.63) is 0 Å². The first-order valence-electron chi connectivity index (χ1n) is 9.37. The van der Waals surface area contributed by atoms with Crippen molar-refractivity contribution < 1.29 is 22.0 Å². The third-order valence-electron chi connectivity index (χ3n) is 5.88. The van der Waals surface area contributed by atoms with Gasteiger partial charge in [0.25, 0.3) is 0 Å². The molecule has 0 aromatic heterocycles. The third kappa shape index (κ3) is 7.26. The van der Waals surface area contributed by atoms with Gasteiger partial charge >= 0.3 is 6.18 Å². The molecule has 0 bridgehead atoms. The summed E-state index contributed by atoms with van der Waals surface area (Å²) < 4.78 is 62.1. The number of halogens is 5. The van der Waals surface area contributed by atoms with E-state index in [-0.39, 0.29) is 12.8 Å². The number of alkyl halides is 5. The summed E-state index contributed by atoms with van der Waals surface area (Å²) in [5.41, 5.74) is 0. The number of hydrogen-bond donors (Lipinski definition) is 0. The lowest BCUT2D eigenvalue weighted by Gasteiger charge is -2.31. The van der Waals surface area contributed by atoms with E-state index in [0.29, 0.717) is 49.4 Å². The van der Waals surface area contributed by atoms with Gasteiger partial charge in [-0.15, -0.1) is 0 Å². The van der Waals surface area contributed by atoms with Gasteiger partial charge in [-0.3, -0.25) is 0 Å². The molecule has 2 aliphatic carbocycles. The summed E-state index contributed by atoms with van der Waals surface area (Å²) >= 11 is 0. The molecule has 0 aliphatic heterocycles. The fourth-order valence-corrected chi connectivity index (χ4v) is 3.84. The second-order valence-corrected chi connectivity index (χ2v) is 8.33. The summed E-state index contributed by atoms with van der Waals surface area (Å²) in [6.07, 6.45) is -0.134. The molecule has 24 heavy (non-hydrogen) atoms. The molecule has 0 unspecified atom stereocenters. The molecule has 0 saturated heterocycles. The monoisotopic (exact) mass is 356 g/mol. The summed E-state index contributed by atoms with van der Waals surface area (Å²) in [6, 6.07) is 0. The highest BCUT2D eigenvalue weighted by Crippen LogP contribution is 2.41. The van der Waals surface area contributed by atoms with Crippen LogP contribution in [0.1, 0.15) is 79.1 Å². The summed E-state index contributed by atoms with van der Waals surface area (Å²) in [5.74, 6) is -1.22. The van der Waals surface area contributed by atoms with Crippen molar-refractivity contribution in [3.8, 4) is 0 Å². The highest BCUT2D eigenvalue weighted by atomic mass is 19.4. The third-order valence-corrected chi connectivity index (χ3v) is 5.88. The molecule has 2 saturated carbocycles. The van der Waals surface area contributed by atoms with Gasteiger partial charge < -0.3 is 0 Å². The summed E-state index contributed by atoms with van der Waals surface area (Å²) in [7, 11) is 0. The molecule has 0 aromatic carbocycles. The Kier molecular flexibility index (Phi) is 7.99. The van der Waals surface area contributed by atoms with Crippen LogP contribution < -0.4 is 0 Å². The van der Waals surface area contributed by atoms with Crippen LogP contribution in [0.25, 0.3) is 0 Å². The van der Waals surface area contributed by atoms with E-state index >= 15 is 0 Å². The van der Waals surface area contributed by atoms with Crippen molar-refractivity contribution in [2.45, 2.75) is 91.2 Å². The first kappa shape index (κ1) is 21.7. The van der Waals surface area contributed by atoms with Gasteiger partial charge in [-0.25, -0.2) is 8.78 Å². The lowest BCUT2D eigenvalue weighted by molar-refractivity contribution is -0.184. The van der Waals surface area contributed by atoms with Gasteiger partial charge in [-0.1, -0.05) is 27.7 Å². The van der Waals surface area contributed by atoms with Crippen LogP contribution in [0.2, 0.25) is 0 Å². The Hall–Kier alpha value is -0.350. The fraction of sp³-hybridized carbons (Fsp3) is 1.00. The molecule has 0 nitrogen and oxygen atoms in total. The van der Waals surface area contributed by atoms with Crippen LogP contribution in [-0.4, -0.2) is 12.1 Å². The molecule has 0 heterocycles. The van der Waals surface area contributed by atoms with E-state index in [1.165, 1.54) is 0 Å². The van der Waals surface area contributed by atoms with Crippen LogP contribution in [0.4, 0.5) is 22.0 Å². The van der Waals surface area contributed by atoms with Crippen LogP contribution in [0.5, 0.6) is 0 Å². The Morgan fingerprint density at radius 3 is 1.42 bits per heavy atom. The van der Waals surface area contributed by atoms with Gasteiger partial charge in [-0.2, -0.15) is 13.2 Å². The average molecular weight is 356 g/mol. The molecular formula is C19H33F5. The predicted molar refractivity (Wildman–Crippen MR) is 88.1 cm³/mol. The molecule has 2 rings (SSSR count). The van der Waals surface area contributed by atoms with Gasteiger partial charge in [0, 0.05) is 12.8 Å². The molecule has 0 N–H and O–H groups in total. The standard InChI is InChI=1S/C10H17F3.C9H16F2/c1-7(2)8-3-5-9(6-4-8)10(11,12)13;1-7(2)8-3-5-9(10,11)6-4-8/h7-9H,3-6H2,1-2H3;7-8H,3-6H2,1-2H3. The minimum absolute atomic E-state index is 0.107. The summed E-state index contributed by atoms with van der Waals surface area (Å²) in [5, 5.41) is 0. The largest absolute Gasteiger partial charge is 0.391 e. The molecule has 0 atom stereocenters. The van der Waals surface area contributed by atoms with Crippen LogP contribution in [-0.2, 0) is 0 Å². The fourth-order valence-electron chi connectivity index (χ4n) is 3.84. The van der Waals surface area contributed by atoms with E-state index in [4.69, 9.17) is 0 Å². The summed E-state index contributed by atoms with van der Waals surface area (Å²) in [6.45, 7) is 8.43. The van der Waals surface area contributed by atoms with Crippen LogP contribution >= 0.6 is 0 Å². The van der Waals surface area contributed by atoms with Crippen molar-refractivity contribution in [1.29, 1.82) is 0 Å². The number of rotatable bonds is 2. The molecule has 144 valence electrons. The van der Waals surface area contributed by atoms with Gasteiger partial charge in [0.2, 0.25) is 5.92 Å². The minimum atomic E-state index is -3.96. The van der Waals surface area contributed by atoms with E-state index in [1.807, 2.05) is 0 Å². The summed E-state index contributed by atoms with van der Waals surface area (Å²) in [4.78, 5) is 0. The highest BCUT2D eigenvalue weighted by Gasteiger charge is 2.41. The maximum Gasteiger partial charge on any atom is 0.391 e. The Labute approximate surface area is 143 Å². The van der Waals surface area contributed by atoms with Gasteiger partial charge in [0.1, 0.15) is 0 Å². The molecule has 0 aromatic rings. The smallest absolute Gasteiger partial charge is 0.207 e. The first-order chi connectivity index (χ1) is 10.9.